The predicted octanol–water partition coefficient (Wildman–Crippen LogP) is 2.87. The SMILES string of the molecule is CCCNCc1cccc(OCC2(O)CCCC2)c1. The third kappa shape index (κ3) is 4.51. The number of hydrogen-bond donors (Lipinski definition) is 2. The highest BCUT2D eigenvalue weighted by molar-refractivity contribution is 5.28. The van der Waals surface area contributed by atoms with Crippen molar-refractivity contribution in [1.29, 1.82) is 0 Å². The molecule has 1 aliphatic rings. The van der Waals surface area contributed by atoms with Crippen LogP contribution >= 0.6 is 0 Å². The van der Waals surface area contributed by atoms with E-state index in [1.165, 1.54) is 5.56 Å². The van der Waals surface area contributed by atoms with Crippen molar-refractivity contribution < 1.29 is 9.84 Å². The lowest BCUT2D eigenvalue weighted by Gasteiger charge is -2.22. The highest BCUT2D eigenvalue weighted by Crippen LogP contribution is 2.30. The molecule has 1 saturated carbocycles. The van der Waals surface area contributed by atoms with E-state index < -0.39 is 5.60 Å². The first-order chi connectivity index (χ1) is 9.22. The van der Waals surface area contributed by atoms with Crippen molar-refractivity contribution >= 4 is 0 Å². The summed E-state index contributed by atoms with van der Waals surface area (Å²) in [5.41, 5.74) is 0.626. The summed E-state index contributed by atoms with van der Waals surface area (Å²) < 4.78 is 5.76. The van der Waals surface area contributed by atoms with Gasteiger partial charge in [0, 0.05) is 6.54 Å². The summed E-state index contributed by atoms with van der Waals surface area (Å²) in [6, 6.07) is 8.12. The van der Waals surface area contributed by atoms with Crippen LogP contribution in [0.15, 0.2) is 24.3 Å². The molecule has 0 spiro atoms. The molecule has 0 atom stereocenters. The average molecular weight is 263 g/mol. The number of nitrogens with one attached hydrogen (secondary N) is 1. The van der Waals surface area contributed by atoms with Gasteiger partial charge in [-0.2, -0.15) is 0 Å². The van der Waals surface area contributed by atoms with Crippen LogP contribution in [0, 0.1) is 0 Å². The Hall–Kier alpha value is -1.06. The third-order valence-corrected chi connectivity index (χ3v) is 3.70. The highest BCUT2D eigenvalue weighted by atomic mass is 16.5. The molecule has 1 aliphatic carbocycles. The van der Waals surface area contributed by atoms with Crippen molar-refractivity contribution in [1.82, 2.24) is 5.32 Å². The van der Waals surface area contributed by atoms with Crippen molar-refractivity contribution in [3.8, 4) is 5.75 Å². The molecule has 0 amide bonds. The van der Waals surface area contributed by atoms with Gasteiger partial charge in [-0.05, 0) is 43.5 Å². The summed E-state index contributed by atoms with van der Waals surface area (Å²) in [6.07, 6.45) is 5.10. The third-order valence-electron chi connectivity index (χ3n) is 3.70. The Kier molecular flexibility index (Phi) is 5.23. The standard InChI is InChI=1S/C16H25NO2/c1-2-10-17-12-14-6-5-7-15(11-14)19-13-16(18)8-3-4-9-16/h5-7,11,17-18H,2-4,8-10,12-13H2,1H3. The number of rotatable bonds is 7. The lowest BCUT2D eigenvalue weighted by atomic mass is 10.0. The number of ether oxygens (including phenoxy) is 1. The van der Waals surface area contributed by atoms with E-state index in [4.69, 9.17) is 4.74 Å². The zero-order chi connectivity index (χ0) is 13.6. The van der Waals surface area contributed by atoms with E-state index in [0.717, 1.165) is 50.9 Å². The van der Waals surface area contributed by atoms with Crippen LogP contribution in [0.25, 0.3) is 0 Å². The monoisotopic (exact) mass is 263 g/mol. The van der Waals surface area contributed by atoms with E-state index in [1.54, 1.807) is 0 Å². The second-order valence-electron chi connectivity index (χ2n) is 5.54. The van der Waals surface area contributed by atoms with Gasteiger partial charge in [-0.1, -0.05) is 31.9 Å². The average Bonchev–Trinajstić information content (AvgIpc) is 2.85. The molecule has 19 heavy (non-hydrogen) atoms. The molecule has 1 aromatic rings. The maximum absolute atomic E-state index is 10.3. The first kappa shape index (κ1) is 14.4. The van der Waals surface area contributed by atoms with Crippen molar-refractivity contribution in [3.05, 3.63) is 29.8 Å². The molecule has 3 heteroatoms. The van der Waals surface area contributed by atoms with Gasteiger partial charge in [0.05, 0.1) is 5.60 Å². The maximum Gasteiger partial charge on any atom is 0.119 e. The summed E-state index contributed by atoms with van der Waals surface area (Å²) in [4.78, 5) is 0. The quantitative estimate of drug-likeness (QED) is 0.743. The molecule has 1 fully saturated rings. The molecular formula is C16H25NO2. The summed E-state index contributed by atoms with van der Waals surface area (Å²) in [5.74, 6) is 0.858. The van der Waals surface area contributed by atoms with Crippen LogP contribution in [0.4, 0.5) is 0 Å². The van der Waals surface area contributed by atoms with Crippen LogP contribution in [-0.2, 0) is 6.54 Å². The van der Waals surface area contributed by atoms with E-state index in [2.05, 4.69) is 24.4 Å². The molecule has 0 aromatic heterocycles. The fourth-order valence-corrected chi connectivity index (χ4v) is 2.55. The Morgan fingerprint density at radius 3 is 2.84 bits per heavy atom. The minimum atomic E-state index is -0.601. The van der Waals surface area contributed by atoms with E-state index in [1.807, 2.05) is 12.1 Å². The van der Waals surface area contributed by atoms with Gasteiger partial charge >= 0.3 is 0 Å². The zero-order valence-corrected chi connectivity index (χ0v) is 11.8. The molecule has 1 aromatic carbocycles. The summed E-state index contributed by atoms with van der Waals surface area (Å²) in [7, 11) is 0. The van der Waals surface area contributed by atoms with Crippen LogP contribution in [0.3, 0.4) is 0 Å². The number of aliphatic hydroxyl groups is 1. The number of benzene rings is 1. The Balaban J connectivity index is 1.84. The fraction of sp³-hybridized carbons (Fsp3) is 0.625. The molecule has 0 unspecified atom stereocenters. The van der Waals surface area contributed by atoms with Gasteiger partial charge < -0.3 is 15.2 Å². The second-order valence-corrected chi connectivity index (χ2v) is 5.54. The largest absolute Gasteiger partial charge is 0.491 e. The van der Waals surface area contributed by atoms with Crippen molar-refractivity contribution in [3.63, 3.8) is 0 Å². The smallest absolute Gasteiger partial charge is 0.119 e. The minimum Gasteiger partial charge on any atom is -0.491 e. The van der Waals surface area contributed by atoms with Crippen molar-refractivity contribution in [2.45, 2.75) is 51.2 Å². The Labute approximate surface area is 116 Å². The normalized spacial score (nSPS) is 17.6. The maximum atomic E-state index is 10.3. The van der Waals surface area contributed by atoms with Crippen LogP contribution in [0.1, 0.15) is 44.6 Å². The van der Waals surface area contributed by atoms with E-state index in [-0.39, 0.29) is 0 Å². The first-order valence-corrected chi connectivity index (χ1v) is 7.37. The molecule has 3 nitrogen and oxygen atoms in total. The van der Waals surface area contributed by atoms with Gasteiger partial charge in [-0.15, -0.1) is 0 Å². The van der Waals surface area contributed by atoms with E-state index >= 15 is 0 Å². The lowest BCUT2D eigenvalue weighted by molar-refractivity contribution is 0.00138. The topological polar surface area (TPSA) is 41.5 Å². The molecule has 106 valence electrons. The Morgan fingerprint density at radius 2 is 2.11 bits per heavy atom. The summed E-state index contributed by atoms with van der Waals surface area (Å²) in [5, 5.41) is 13.6. The highest BCUT2D eigenvalue weighted by Gasteiger charge is 2.31. The fourth-order valence-electron chi connectivity index (χ4n) is 2.55. The van der Waals surface area contributed by atoms with Gasteiger partial charge in [0.25, 0.3) is 0 Å². The molecular weight excluding hydrogens is 238 g/mol. The van der Waals surface area contributed by atoms with Gasteiger partial charge in [-0.3, -0.25) is 0 Å². The van der Waals surface area contributed by atoms with Crippen LogP contribution in [0.5, 0.6) is 5.75 Å². The molecule has 0 saturated heterocycles. The molecule has 0 bridgehead atoms. The van der Waals surface area contributed by atoms with Gasteiger partial charge in [0.1, 0.15) is 12.4 Å². The molecule has 0 heterocycles. The van der Waals surface area contributed by atoms with E-state index in [9.17, 15) is 5.11 Å². The Morgan fingerprint density at radius 1 is 1.32 bits per heavy atom. The summed E-state index contributed by atoms with van der Waals surface area (Å²) in [6.45, 7) is 4.48. The Bertz CT molecular complexity index is 386. The molecule has 2 N–H and O–H groups in total. The second kappa shape index (κ2) is 6.92. The van der Waals surface area contributed by atoms with Crippen LogP contribution < -0.4 is 10.1 Å². The lowest BCUT2D eigenvalue weighted by Crippen LogP contribution is -2.32. The van der Waals surface area contributed by atoms with Gasteiger partial charge in [0.2, 0.25) is 0 Å². The first-order valence-electron chi connectivity index (χ1n) is 7.37. The van der Waals surface area contributed by atoms with Crippen molar-refractivity contribution in [2.24, 2.45) is 0 Å². The molecule has 0 radical (unpaired) electrons. The van der Waals surface area contributed by atoms with Crippen LogP contribution in [-0.4, -0.2) is 23.9 Å². The molecule has 2 rings (SSSR count). The number of hydrogen-bond acceptors (Lipinski definition) is 3. The predicted molar refractivity (Wildman–Crippen MR) is 77.4 cm³/mol. The minimum absolute atomic E-state index is 0.416. The molecule has 0 aliphatic heterocycles. The van der Waals surface area contributed by atoms with Gasteiger partial charge in [0.15, 0.2) is 0 Å². The van der Waals surface area contributed by atoms with E-state index in [0.29, 0.717) is 6.61 Å². The zero-order valence-electron chi connectivity index (χ0n) is 11.8. The van der Waals surface area contributed by atoms with Gasteiger partial charge in [-0.25, -0.2) is 0 Å². The van der Waals surface area contributed by atoms with Crippen molar-refractivity contribution in [2.75, 3.05) is 13.2 Å². The van der Waals surface area contributed by atoms with Crippen LogP contribution in [0.2, 0.25) is 0 Å². The summed E-state index contributed by atoms with van der Waals surface area (Å²) >= 11 is 0.